The van der Waals surface area contributed by atoms with Gasteiger partial charge in [0.05, 0.1) is 11.6 Å². The fourth-order valence-corrected chi connectivity index (χ4v) is 4.48. The zero-order chi connectivity index (χ0) is 25.6. The lowest BCUT2D eigenvalue weighted by Crippen LogP contribution is -2.31. The van der Waals surface area contributed by atoms with E-state index >= 15 is 0 Å². The van der Waals surface area contributed by atoms with Gasteiger partial charge in [0.2, 0.25) is 5.78 Å². The average Bonchev–Trinajstić information content (AvgIpc) is 3.42. The van der Waals surface area contributed by atoms with E-state index in [1.807, 2.05) is 33.0 Å². The van der Waals surface area contributed by atoms with E-state index in [9.17, 15) is 18.0 Å². The summed E-state index contributed by atoms with van der Waals surface area (Å²) in [5.41, 5.74) is 4.07. The summed E-state index contributed by atoms with van der Waals surface area (Å²) < 4.78 is 42.6. The summed E-state index contributed by atoms with van der Waals surface area (Å²) in [6.07, 6.45) is 1.31. The SMILES string of the molecule is CCc1nc2ncc(C)cn2c1C(=O)NCc1cnc(-c2nc3n(n2)CCC(C(F)(F)F)C3)c(C)c1. The molecule has 0 fully saturated rings. The van der Waals surface area contributed by atoms with Gasteiger partial charge in [-0.25, -0.2) is 19.6 Å². The number of aryl methyl sites for hydroxylation is 4. The fraction of sp³-hybridized carbons (Fsp3) is 0.417. The zero-order valence-electron chi connectivity index (χ0n) is 20.1. The molecule has 5 rings (SSSR count). The minimum absolute atomic E-state index is 0.00774. The third-order valence-electron chi connectivity index (χ3n) is 6.36. The monoisotopic (exact) mass is 498 g/mol. The minimum Gasteiger partial charge on any atom is -0.347 e. The molecule has 0 bridgehead atoms. The molecule has 0 spiro atoms. The van der Waals surface area contributed by atoms with E-state index < -0.39 is 12.1 Å². The van der Waals surface area contributed by atoms with Crippen molar-refractivity contribution in [2.75, 3.05) is 0 Å². The van der Waals surface area contributed by atoms with Crippen LogP contribution in [0.1, 0.15) is 52.0 Å². The number of nitrogens with one attached hydrogen (secondary N) is 1. The number of halogens is 3. The number of nitrogens with zero attached hydrogens (tertiary/aromatic N) is 7. The molecule has 1 unspecified atom stereocenters. The van der Waals surface area contributed by atoms with Crippen LogP contribution in [0.15, 0.2) is 24.7 Å². The maximum atomic E-state index is 13.1. The van der Waals surface area contributed by atoms with Gasteiger partial charge in [-0.2, -0.15) is 13.2 Å². The molecule has 0 aliphatic carbocycles. The van der Waals surface area contributed by atoms with Gasteiger partial charge in [0.25, 0.3) is 5.91 Å². The molecule has 12 heteroatoms. The van der Waals surface area contributed by atoms with Gasteiger partial charge in [0.1, 0.15) is 17.2 Å². The summed E-state index contributed by atoms with van der Waals surface area (Å²) in [5, 5.41) is 7.30. The normalized spacial score (nSPS) is 15.8. The maximum absolute atomic E-state index is 13.1. The van der Waals surface area contributed by atoms with Crippen molar-refractivity contribution in [1.82, 2.24) is 39.4 Å². The van der Waals surface area contributed by atoms with Gasteiger partial charge in [-0.15, -0.1) is 5.10 Å². The van der Waals surface area contributed by atoms with Crippen molar-refractivity contribution in [3.63, 3.8) is 0 Å². The molecule has 188 valence electrons. The fourth-order valence-electron chi connectivity index (χ4n) is 4.48. The maximum Gasteiger partial charge on any atom is 0.392 e. The van der Waals surface area contributed by atoms with Gasteiger partial charge < -0.3 is 5.32 Å². The number of pyridine rings is 1. The second kappa shape index (κ2) is 8.99. The quantitative estimate of drug-likeness (QED) is 0.451. The van der Waals surface area contributed by atoms with Gasteiger partial charge in [0, 0.05) is 38.1 Å². The lowest BCUT2D eigenvalue weighted by molar-refractivity contribution is -0.179. The Morgan fingerprint density at radius 2 is 2.00 bits per heavy atom. The highest BCUT2D eigenvalue weighted by atomic mass is 19.4. The van der Waals surface area contributed by atoms with Crippen molar-refractivity contribution in [3.8, 4) is 11.5 Å². The molecule has 1 N–H and O–H groups in total. The highest BCUT2D eigenvalue weighted by molar-refractivity contribution is 5.94. The Hall–Kier alpha value is -3.83. The third-order valence-corrected chi connectivity index (χ3v) is 6.36. The van der Waals surface area contributed by atoms with Gasteiger partial charge in [0.15, 0.2) is 5.82 Å². The van der Waals surface area contributed by atoms with Crippen LogP contribution in [0.25, 0.3) is 17.3 Å². The van der Waals surface area contributed by atoms with Crippen molar-refractivity contribution >= 4 is 11.7 Å². The molecule has 1 atom stereocenters. The van der Waals surface area contributed by atoms with Crippen molar-refractivity contribution in [1.29, 1.82) is 0 Å². The predicted octanol–water partition coefficient (Wildman–Crippen LogP) is 3.62. The predicted molar refractivity (Wildman–Crippen MR) is 124 cm³/mol. The summed E-state index contributed by atoms with van der Waals surface area (Å²) in [4.78, 5) is 30.6. The molecule has 0 saturated heterocycles. The first-order valence-corrected chi connectivity index (χ1v) is 11.7. The molecular formula is C24H25F3N8O. The van der Waals surface area contributed by atoms with E-state index in [-0.39, 0.29) is 31.8 Å². The number of hydrogen-bond acceptors (Lipinski definition) is 6. The second-order valence-corrected chi connectivity index (χ2v) is 9.06. The van der Waals surface area contributed by atoms with Crippen molar-refractivity contribution in [2.45, 2.75) is 59.3 Å². The standard InChI is InChI=1S/C24H25F3N8O/c1-4-17-20(34-12-13(2)9-30-23(34)31-17)22(36)29-11-15-7-14(3)19(28-10-15)21-32-18-8-16(24(25,26)27)5-6-35(18)33-21/h7,9-10,12,16H,4-6,8,11H2,1-3H3,(H,29,36). The summed E-state index contributed by atoms with van der Waals surface area (Å²) in [6.45, 7) is 6.08. The van der Waals surface area contributed by atoms with Gasteiger partial charge in [-0.05, 0) is 43.4 Å². The number of carbonyl (C=O) groups excluding carboxylic acids is 1. The molecule has 1 aliphatic rings. The first-order chi connectivity index (χ1) is 17.1. The van der Waals surface area contributed by atoms with E-state index in [1.165, 1.54) is 4.68 Å². The van der Waals surface area contributed by atoms with E-state index in [4.69, 9.17) is 0 Å². The topological polar surface area (TPSA) is 103 Å². The van der Waals surface area contributed by atoms with E-state index in [2.05, 4.69) is 30.4 Å². The van der Waals surface area contributed by atoms with Crippen LogP contribution in [0.3, 0.4) is 0 Å². The molecular weight excluding hydrogens is 473 g/mol. The molecule has 1 aliphatic heterocycles. The Balaban J connectivity index is 1.32. The Kier molecular flexibility index (Phi) is 5.97. The van der Waals surface area contributed by atoms with Crippen molar-refractivity contribution in [2.24, 2.45) is 5.92 Å². The zero-order valence-corrected chi connectivity index (χ0v) is 20.1. The summed E-state index contributed by atoms with van der Waals surface area (Å²) >= 11 is 0. The molecule has 36 heavy (non-hydrogen) atoms. The third kappa shape index (κ3) is 4.42. The summed E-state index contributed by atoms with van der Waals surface area (Å²) in [6, 6.07) is 1.86. The highest BCUT2D eigenvalue weighted by Crippen LogP contribution is 2.35. The molecule has 5 heterocycles. The Bertz CT molecular complexity index is 1460. The smallest absolute Gasteiger partial charge is 0.347 e. The number of hydrogen-bond donors (Lipinski definition) is 1. The van der Waals surface area contributed by atoms with Crippen LogP contribution >= 0.6 is 0 Å². The van der Waals surface area contributed by atoms with Crippen LogP contribution in [0, 0.1) is 19.8 Å². The van der Waals surface area contributed by atoms with Crippen LogP contribution < -0.4 is 5.32 Å². The molecule has 0 saturated carbocycles. The first-order valence-electron chi connectivity index (χ1n) is 11.7. The lowest BCUT2D eigenvalue weighted by atomic mass is 9.98. The van der Waals surface area contributed by atoms with E-state index in [1.54, 1.807) is 16.8 Å². The second-order valence-electron chi connectivity index (χ2n) is 9.06. The highest BCUT2D eigenvalue weighted by Gasteiger charge is 2.42. The number of carbonyl (C=O) groups is 1. The largest absolute Gasteiger partial charge is 0.392 e. The number of rotatable bonds is 5. The van der Waals surface area contributed by atoms with Crippen LogP contribution in [0.5, 0.6) is 0 Å². The summed E-state index contributed by atoms with van der Waals surface area (Å²) in [5.74, 6) is -0.567. The van der Waals surface area contributed by atoms with Crippen LogP contribution in [-0.4, -0.2) is 46.2 Å². The Morgan fingerprint density at radius 1 is 1.19 bits per heavy atom. The molecule has 0 radical (unpaired) electrons. The molecule has 4 aromatic heterocycles. The summed E-state index contributed by atoms with van der Waals surface area (Å²) in [7, 11) is 0. The van der Waals surface area contributed by atoms with Crippen molar-refractivity contribution in [3.05, 3.63) is 58.6 Å². The Morgan fingerprint density at radius 3 is 2.72 bits per heavy atom. The van der Waals surface area contributed by atoms with Crippen molar-refractivity contribution < 1.29 is 18.0 Å². The lowest BCUT2D eigenvalue weighted by Gasteiger charge is -2.24. The van der Waals surface area contributed by atoms with Crippen LogP contribution in [0.4, 0.5) is 13.2 Å². The number of amides is 1. The number of imidazole rings is 1. The molecule has 1 amide bonds. The molecule has 4 aromatic rings. The molecule has 0 aromatic carbocycles. The van der Waals surface area contributed by atoms with Gasteiger partial charge in [-0.1, -0.05) is 13.0 Å². The van der Waals surface area contributed by atoms with E-state index in [0.29, 0.717) is 40.9 Å². The molecule has 9 nitrogen and oxygen atoms in total. The van der Waals surface area contributed by atoms with Gasteiger partial charge >= 0.3 is 6.18 Å². The average molecular weight is 499 g/mol. The van der Waals surface area contributed by atoms with E-state index in [0.717, 1.165) is 16.7 Å². The number of fused-ring (bicyclic) bond motifs is 2. The van der Waals surface area contributed by atoms with Crippen LogP contribution in [-0.2, 0) is 25.9 Å². The number of aromatic nitrogens is 7. The first kappa shape index (κ1) is 23.9. The van der Waals surface area contributed by atoms with Gasteiger partial charge in [-0.3, -0.25) is 14.2 Å². The Labute approximate surface area is 204 Å². The minimum atomic E-state index is -4.24. The van der Waals surface area contributed by atoms with Crippen LogP contribution in [0.2, 0.25) is 0 Å². The number of alkyl halides is 3.